The Morgan fingerprint density at radius 2 is 1.55 bits per heavy atom. The quantitative estimate of drug-likeness (QED) is 0.207. The third-order valence-corrected chi connectivity index (χ3v) is 11.9. The van der Waals surface area contributed by atoms with Crippen LogP contribution in [0.3, 0.4) is 0 Å². The molecule has 262 valence electrons. The highest BCUT2D eigenvalue weighted by atomic mass is 32.2. The number of hydrogen-bond acceptors (Lipinski definition) is 9. The summed E-state index contributed by atoms with van der Waals surface area (Å²) in [6, 6.07) is 13.4. The van der Waals surface area contributed by atoms with E-state index < -0.39 is 37.6 Å². The topological polar surface area (TPSA) is 94.6 Å². The molecule has 49 heavy (non-hydrogen) atoms. The number of fused-ring (bicyclic) bond motifs is 1. The van der Waals surface area contributed by atoms with Gasteiger partial charge in [0, 0.05) is 38.8 Å². The van der Waals surface area contributed by atoms with Crippen molar-refractivity contribution in [1.82, 2.24) is 13.7 Å². The molecule has 10 nitrogen and oxygen atoms in total. The summed E-state index contributed by atoms with van der Waals surface area (Å²) in [6.07, 6.45) is 0.842. The number of ether oxygens (including phenoxy) is 4. The Bertz CT molecular complexity index is 1820. The standard InChI is InChI=1S/C37H45FN3O7S/c1-26(2)41(37(42)27(3)30-11-7-8-12-35(30)49(41,43)44)31-25-29(38)13-14-32(31)48-22-10-9-16-39-18-20-40(21-19-39)17-15-28-23-33(45-4)36(47-6)34(24-28)46-5/h7-8,11-14,23-27H,15-22H2,1-6H3/q+1. The fourth-order valence-corrected chi connectivity index (χ4v) is 9.22. The number of rotatable bonds is 11. The predicted molar refractivity (Wildman–Crippen MR) is 186 cm³/mol. The Morgan fingerprint density at radius 3 is 2.18 bits per heavy atom. The van der Waals surface area contributed by atoms with E-state index in [0.717, 1.165) is 50.8 Å². The van der Waals surface area contributed by atoms with Gasteiger partial charge < -0.3 is 23.8 Å². The first-order chi connectivity index (χ1) is 23.5. The minimum absolute atomic E-state index is 0.0497. The highest BCUT2D eigenvalue weighted by Crippen LogP contribution is 2.48. The number of quaternary nitrogens is 1. The van der Waals surface area contributed by atoms with E-state index in [-0.39, 0.29) is 22.9 Å². The zero-order chi connectivity index (χ0) is 35.3. The van der Waals surface area contributed by atoms with Gasteiger partial charge in [-0.05, 0) is 68.7 Å². The van der Waals surface area contributed by atoms with Crippen molar-refractivity contribution in [2.75, 3.05) is 67.2 Å². The lowest BCUT2D eigenvalue weighted by Gasteiger charge is -2.42. The van der Waals surface area contributed by atoms with E-state index in [0.29, 0.717) is 29.4 Å². The van der Waals surface area contributed by atoms with Crippen molar-refractivity contribution in [3.05, 3.63) is 71.5 Å². The van der Waals surface area contributed by atoms with Crippen molar-refractivity contribution in [2.45, 2.75) is 44.0 Å². The molecular formula is C37H45FN3O7S+. The van der Waals surface area contributed by atoms with Gasteiger partial charge >= 0.3 is 15.9 Å². The molecule has 0 N–H and O–H groups in total. The molecular weight excluding hydrogens is 649 g/mol. The second kappa shape index (κ2) is 15.2. The molecule has 0 aliphatic carbocycles. The van der Waals surface area contributed by atoms with Gasteiger partial charge in [0.05, 0.1) is 33.8 Å². The molecule has 2 unspecified atom stereocenters. The van der Waals surface area contributed by atoms with Crippen molar-refractivity contribution >= 4 is 21.6 Å². The fraction of sp³-hybridized carbons (Fsp3) is 0.432. The second-order valence-electron chi connectivity index (χ2n) is 12.5. The molecule has 3 aromatic carbocycles. The Morgan fingerprint density at radius 1 is 0.898 bits per heavy atom. The van der Waals surface area contributed by atoms with E-state index in [1.807, 2.05) is 12.1 Å². The number of benzene rings is 3. The van der Waals surface area contributed by atoms with Crippen LogP contribution in [0, 0.1) is 17.7 Å². The van der Waals surface area contributed by atoms with Crippen molar-refractivity contribution in [3.8, 4) is 34.8 Å². The predicted octanol–water partition coefficient (Wildman–Crippen LogP) is 4.84. The van der Waals surface area contributed by atoms with Gasteiger partial charge in [0.2, 0.25) is 11.4 Å². The number of methoxy groups -OCH3 is 3. The van der Waals surface area contributed by atoms with E-state index >= 15 is 0 Å². The highest BCUT2D eigenvalue weighted by Gasteiger charge is 2.61. The molecule has 0 spiro atoms. The molecule has 2 atom stereocenters. The van der Waals surface area contributed by atoms with Gasteiger partial charge in [0.15, 0.2) is 17.2 Å². The summed E-state index contributed by atoms with van der Waals surface area (Å²) in [5.41, 5.74) is 1.49. The van der Waals surface area contributed by atoms with Gasteiger partial charge in [0.25, 0.3) is 0 Å². The first kappa shape index (κ1) is 36.1. The summed E-state index contributed by atoms with van der Waals surface area (Å²) >= 11 is 0. The molecule has 0 aromatic heterocycles. The molecule has 0 bridgehead atoms. The van der Waals surface area contributed by atoms with Crippen LogP contribution in [0.5, 0.6) is 23.0 Å². The van der Waals surface area contributed by atoms with Crippen LogP contribution < -0.4 is 22.8 Å². The Labute approximate surface area is 288 Å². The zero-order valence-corrected chi connectivity index (χ0v) is 29.8. The summed E-state index contributed by atoms with van der Waals surface area (Å²) in [7, 11) is 0.496. The largest absolute Gasteiger partial charge is 0.493 e. The summed E-state index contributed by atoms with van der Waals surface area (Å²) in [4.78, 5) is 18.8. The third-order valence-electron chi connectivity index (χ3n) is 9.38. The van der Waals surface area contributed by atoms with Gasteiger partial charge in [-0.15, -0.1) is 3.89 Å². The maximum atomic E-state index is 14.8. The SMILES string of the molecule is COc1cc(CCN2CCN(CC#CCOc3ccc(F)cc3[N+]3(C(C)C)C(=O)C(C)c4ccccc4S3(=O)=O)CC2)cc(OC)c1OC. The second-order valence-corrected chi connectivity index (χ2v) is 14.4. The molecule has 2 aliphatic heterocycles. The maximum absolute atomic E-state index is 14.8. The first-order valence-electron chi connectivity index (χ1n) is 16.4. The Hall–Kier alpha value is -4.15. The third kappa shape index (κ3) is 6.85. The fourth-order valence-electron chi connectivity index (χ4n) is 6.77. The Balaban J connectivity index is 1.22. The summed E-state index contributed by atoms with van der Waals surface area (Å²) in [5, 5.41) is 0. The highest BCUT2D eigenvalue weighted by molar-refractivity contribution is 7.91. The van der Waals surface area contributed by atoms with Crippen LogP contribution in [-0.2, 0) is 21.2 Å². The molecule has 0 saturated carbocycles. The average Bonchev–Trinajstić information content (AvgIpc) is 3.10. The van der Waals surface area contributed by atoms with Crippen LogP contribution >= 0.6 is 0 Å². The molecule has 0 radical (unpaired) electrons. The monoisotopic (exact) mass is 694 g/mol. The minimum Gasteiger partial charge on any atom is -0.493 e. The molecule has 5 rings (SSSR count). The van der Waals surface area contributed by atoms with Crippen LogP contribution in [0.1, 0.15) is 37.8 Å². The summed E-state index contributed by atoms with van der Waals surface area (Å²) < 4.78 is 64.6. The van der Waals surface area contributed by atoms with Gasteiger partial charge in [-0.1, -0.05) is 30.0 Å². The summed E-state index contributed by atoms with van der Waals surface area (Å²) in [5.74, 6) is 6.19. The number of piperazine rings is 1. The van der Waals surface area contributed by atoms with E-state index in [1.54, 1.807) is 60.3 Å². The number of halogens is 1. The van der Waals surface area contributed by atoms with Crippen LogP contribution in [-0.4, -0.2) is 97.4 Å². The van der Waals surface area contributed by atoms with E-state index in [2.05, 4.69) is 21.6 Å². The van der Waals surface area contributed by atoms with Gasteiger partial charge in [-0.2, -0.15) is 8.42 Å². The number of carbonyl (C=O) groups excluding carboxylic acids is 1. The van der Waals surface area contributed by atoms with Crippen molar-refractivity contribution in [1.29, 1.82) is 0 Å². The molecule has 2 heterocycles. The van der Waals surface area contributed by atoms with E-state index in [4.69, 9.17) is 18.9 Å². The van der Waals surface area contributed by atoms with E-state index in [9.17, 15) is 17.6 Å². The number of hydrogen-bond donors (Lipinski definition) is 0. The molecule has 1 saturated heterocycles. The number of sulfonamides is 1. The number of carbonyl (C=O) groups is 1. The zero-order valence-electron chi connectivity index (χ0n) is 29.0. The first-order valence-corrected chi connectivity index (χ1v) is 17.8. The minimum atomic E-state index is -4.32. The van der Waals surface area contributed by atoms with Crippen LogP contribution in [0.2, 0.25) is 0 Å². The molecule has 2 aliphatic rings. The van der Waals surface area contributed by atoms with Crippen LogP contribution in [0.15, 0.2) is 59.5 Å². The van der Waals surface area contributed by atoms with Crippen molar-refractivity contribution in [2.24, 2.45) is 0 Å². The van der Waals surface area contributed by atoms with Crippen molar-refractivity contribution < 1.29 is 36.6 Å². The van der Waals surface area contributed by atoms with E-state index in [1.165, 1.54) is 18.2 Å². The number of nitrogens with zero attached hydrogens (tertiary/aromatic N) is 3. The summed E-state index contributed by atoms with van der Waals surface area (Å²) in [6.45, 7) is 9.91. The lowest BCUT2D eigenvalue weighted by atomic mass is 9.98. The van der Waals surface area contributed by atoms with Crippen LogP contribution in [0.4, 0.5) is 10.1 Å². The van der Waals surface area contributed by atoms with Crippen LogP contribution in [0.25, 0.3) is 0 Å². The normalized spacial score (nSPS) is 20.7. The lowest BCUT2D eigenvalue weighted by molar-refractivity contribution is -0.128. The van der Waals surface area contributed by atoms with Crippen molar-refractivity contribution in [3.63, 3.8) is 0 Å². The lowest BCUT2D eigenvalue weighted by Crippen LogP contribution is -2.65. The molecule has 12 heteroatoms. The molecule has 1 fully saturated rings. The van der Waals surface area contributed by atoms with Gasteiger partial charge in [-0.3, -0.25) is 4.90 Å². The molecule has 3 aromatic rings. The van der Waals surface area contributed by atoms with Gasteiger partial charge in [0.1, 0.15) is 23.4 Å². The average molecular weight is 695 g/mol. The smallest absolute Gasteiger partial charge is 0.341 e. The maximum Gasteiger partial charge on any atom is 0.341 e. The Kier molecular flexibility index (Phi) is 11.2. The van der Waals surface area contributed by atoms with Gasteiger partial charge in [-0.25, -0.2) is 9.18 Å². The number of amides is 1. The molecule has 1 amide bonds.